The number of fused-ring (bicyclic) bond motifs is 1. The number of benzene rings is 1. The fourth-order valence-electron chi connectivity index (χ4n) is 1.60. The highest BCUT2D eigenvalue weighted by Crippen LogP contribution is 2.30. The van der Waals surface area contributed by atoms with Crippen molar-refractivity contribution in [2.45, 2.75) is 12.5 Å². The second-order valence-electron chi connectivity index (χ2n) is 3.47. The van der Waals surface area contributed by atoms with Crippen molar-refractivity contribution in [3.8, 4) is 5.75 Å². The highest BCUT2D eigenvalue weighted by Gasteiger charge is 2.23. The van der Waals surface area contributed by atoms with Crippen LogP contribution in [0.4, 0.5) is 4.39 Å². The molecule has 0 amide bonds. The van der Waals surface area contributed by atoms with Crippen LogP contribution in [-0.2, 0) is 6.42 Å². The van der Waals surface area contributed by atoms with Crippen molar-refractivity contribution in [3.05, 3.63) is 29.6 Å². The Hall–Kier alpha value is -1.43. The Labute approximate surface area is 96.8 Å². The van der Waals surface area contributed by atoms with E-state index in [1.54, 1.807) is 6.07 Å². The Kier molecular flexibility index (Phi) is 3.19. The Balaban J connectivity index is 1.95. The van der Waals surface area contributed by atoms with E-state index < -0.39 is 0 Å². The Bertz CT molecular complexity index is 425. The van der Waals surface area contributed by atoms with Gasteiger partial charge in [-0.2, -0.15) is 5.10 Å². The summed E-state index contributed by atoms with van der Waals surface area (Å²) in [6.45, 7) is 0. The summed E-state index contributed by atoms with van der Waals surface area (Å²) in [5.74, 6) is 6.18. The summed E-state index contributed by atoms with van der Waals surface area (Å²) in [6.07, 6.45) is 0.694. The molecule has 0 aliphatic carbocycles. The maximum atomic E-state index is 12.9. The molecule has 4 N–H and O–H groups in total. The molecular weight excluding hydrogens is 229 g/mol. The lowest BCUT2D eigenvalue weighted by atomic mass is 10.1. The highest BCUT2D eigenvalue weighted by atomic mass is 32.2. The minimum Gasteiger partial charge on any atom is -0.489 e. The van der Waals surface area contributed by atoms with Gasteiger partial charge >= 0.3 is 0 Å². The molecule has 16 heavy (non-hydrogen) atoms. The number of halogens is 1. The van der Waals surface area contributed by atoms with Crippen molar-refractivity contribution < 1.29 is 9.13 Å². The fraction of sp³-hybridized carbons (Fsp3) is 0.300. The van der Waals surface area contributed by atoms with Gasteiger partial charge in [0.1, 0.15) is 17.7 Å². The Morgan fingerprint density at radius 2 is 2.44 bits per heavy atom. The number of hydrogen-bond acceptors (Lipinski definition) is 4. The molecule has 1 unspecified atom stereocenters. The largest absolute Gasteiger partial charge is 0.489 e. The number of ether oxygens (including phenoxy) is 1. The third-order valence-electron chi connectivity index (χ3n) is 2.31. The number of nitrogens with two attached hydrogens (primary N) is 2. The molecule has 86 valence electrons. The van der Waals surface area contributed by atoms with Crippen molar-refractivity contribution in [2.75, 3.05) is 5.75 Å². The number of amidine groups is 1. The van der Waals surface area contributed by atoms with E-state index in [1.165, 1.54) is 23.9 Å². The van der Waals surface area contributed by atoms with Crippen LogP contribution >= 0.6 is 11.8 Å². The molecule has 0 saturated carbocycles. The molecule has 1 aromatic rings. The van der Waals surface area contributed by atoms with E-state index in [0.29, 0.717) is 17.3 Å². The van der Waals surface area contributed by atoms with E-state index in [2.05, 4.69) is 5.10 Å². The number of thioether (sulfide) groups is 1. The van der Waals surface area contributed by atoms with Crippen LogP contribution in [-0.4, -0.2) is 17.0 Å². The van der Waals surface area contributed by atoms with E-state index in [1.807, 2.05) is 0 Å². The van der Waals surface area contributed by atoms with Gasteiger partial charge in [0.05, 0.1) is 0 Å². The van der Waals surface area contributed by atoms with Crippen molar-refractivity contribution in [3.63, 3.8) is 0 Å². The monoisotopic (exact) mass is 241 g/mol. The number of rotatable bonds is 2. The van der Waals surface area contributed by atoms with Gasteiger partial charge < -0.3 is 16.3 Å². The molecule has 0 fully saturated rings. The molecule has 0 radical (unpaired) electrons. The normalized spacial score (nSPS) is 19.3. The van der Waals surface area contributed by atoms with Crippen LogP contribution in [0.1, 0.15) is 5.56 Å². The Morgan fingerprint density at radius 1 is 1.62 bits per heavy atom. The lowest BCUT2D eigenvalue weighted by Gasteiger charge is -2.08. The number of hydrogen-bond donors (Lipinski definition) is 2. The van der Waals surface area contributed by atoms with Gasteiger partial charge in [-0.05, 0) is 18.2 Å². The molecule has 0 spiro atoms. The van der Waals surface area contributed by atoms with Crippen LogP contribution in [0.3, 0.4) is 0 Å². The first-order valence-electron chi connectivity index (χ1n) is 4.80. The Morgan fingerprint density at radius 3 is 3.19 bits per heavy atom. The smallest absolute Gasteiger partial charge is 0.177 e. The third-order valence-corrected chi connectivity index (χ3v) is 3.25. The lowest BCUT2D eigenvalue weighted by Crippen LogP contribution is -2.20. The van der Waals surface area contributed by atoms with E-state index in [-0.39, 0.29) is 11.9 Å². The van der Waals surface area contributed by atoms with E-state index in [9.17, 15) is 4.39 Å². The SMILES string of the molecule is NN=C(N)SCC1Cc2cc(F)ccc2O1. The average molecular weight is 241 g/mol. The van der Waals surface area contributed by atoms with Gasteiger partial charge in [-0.25, -0.2) is 4.39 Å². The van der Waals surface area contributed by atoms with Crippen LogP contribution in [0.25, 0.3) is 0 Å². The first-order chi connectivity index (χ1) is 7.69. The highest BCUT2D eigenvalue weighted by molar-refractivity contribution is 8.13. The molecule has 4 nitrogen and oxygen atoms in total. The first-order valence-corrected chi connectivity index (χ1v) is 5.79. The van der Waals surface area contributed by atoms with Gasteiger partial charge in [-0.1, -0.05) is 11.8 Å². The molecule has 2 rings (SSSR count). The minimum absolute atomic E-state index is 0.00194. The summed E-state index contributed by atoms with van der Waals surface area (Å²) in [7, 11) is 0. The standard InChI is InChI=1S/C10H12FN3OS/c11-7-1-2-9-6(3-7)4-8(15-9)5-16-10(12)14-13/h1-3,8H,4-5,13H2,(H2,12,14). The molecule has 6 heteroatoms. The quantitative estimate of drug-likeness (QED) is 0.351. The molecular formula is C10H12FN3OS. The van der Waals surface area contributed by atoms with Gasteiger partial charge in [0.15, 0.2) is 5.17 Å². The number of nitrogens with zero attached hydrogens (tertiary/aromatic N) is 1. The van der Waals surface area contributed by atoms with Crippen LogP contribution in [0, 0.1) is 5.82 Å². The van der Waals surface area contributed by atoms with Crippen LogP contribution < -0.4 is 16.3 Å². The molecule has 0 aromatic heterocycles. The molecule has 1 aliphatic rings. The number of hydrazone groups is 1. The average Bonchev–Trinajstić information content (AvgIpc) is 2.67. The maximum Gasteiger partial charge on any atom is 0.177 e. The minimum atomic E-state index is -0.237. The maximum absolute atomic E-state index is 12.9. The summed E-state index contributed by atoms with van der Waals surface area (Å²) in [6, 6.07) is 4.54. The first kappa shape index (κ1) is 11.1. The van der Waals surface area contributed by atoms with Gasteiger partial charge in [0, 0.05) is 17.7 Å². The van der Waals surface area contributed by atoms with E-state index in [4.69, 9.17) is 16.3 Å². The van der Waals surface area contributed by atoms with Gasteiger partial charge in [-0.3, -0.25) is 0 Å². The molecule has 0 bridgehead atoms. The van der Waals surface area contributed by atoms with Crippen molar-refractivity contribution >= 4 is 16.9 Å². The van der Waals surface area contributed by atoms with Crippen LogP contribution in [0.2, 0.25) is 0 Å². The topological polar surface area (TPSA) is 73.6 Å². The van der Waals surface area contributed by atoms with Gasteiger partial charge in [-0.15, -0.1) is 0 Å². The van der Waals surface area contributed by atoms with Crippen LogP contribution in [0.5, 0.6) is 5.75 Å². The lowest BCUT2D eigenvalue weighted by molar-refractivity contribution is 0.259. The van der Waals surface area contributed by atoms with E-state index >= 15 is 0 Å². The zero-order valence-electron chi connectivity index (χ0n) is 8.52. The molecule has 1 heterocycles. The molecule has 1 aliphatic heterocycles. The molecule has 0 saturated heterocycles. The van der Waals surface area contributed by atoms with E-state index in [0.717, 1.165) is 11.3 Å². The van der Waals surface area contributed by atoms with Crippen molar-refractivity contribution in [2.24, 2.45) is 16.7 Å². The van der Waals surface area contributed by atoms with Crippen molar-refractivity contribution in [1.29, 1.82) is 0 Å². The van der Waals surface area contributed by atoms with Gasteiger partial charge in [0.25, 0.3) is 0 Å². The molecule has 1 atom stereocenters. The summed E-state index contributed by atoms with van der Waals surface area (Å²) in [4.78, 5) is 0. The summed E-state index contributed by atoms with van der Waals surface area (Å²) in [5.41, 5.74) is 6.35. The zero-order valence-corrected chi connectivity index (χ0v) is 9.34. The zero-order chi connectivity index (χ0) is 11.5. The third kappa shape index (κ3) is 2.38. The second kappa shape index (κ2) is 4.61. The summed E-state index contributed by atoms with van der Waals surface area (Å²) >= 11 is 1.33. The van der Waals surface area contributed by atoms with Gasteiger partial charge in [0.2, 0.25) is 0 Å². The second-order valence-corrected chi connectivity index (χ2v) is 4.51. The van der Waals surface area contributed by atoms with Crippen LogP contribution in [0.15, 0.2) is 23.3 Å². The predicted molar refractivity (Wildman–Crippen MR) is 62.8 cm³/mol. The molecule has 1 aromatic carbocycles. The van der Waals surface area contributed by atoms with Crippen molar-refractivity contribution in [1.82, 2.24) is 0 Å². The fourth-order valence-corrected chi connectivity index (χ4v) is 2.21. The summed E-state index contributed by atoms with van der Waals surface area (Å²) < 4.78 is 18.6. The summed E-state index contributed by atoms with van der Waals surface area (Å²) in [5, 5.41) is 3.68. The predicted octanol–water partition coefficient (Wildman–Crippen LogP) is 1.05.